The van der Waals surface area contributed by atoms with Crippen molar-refractivity contribution in [3.63, 3.8) is 0 Å². The number of rotatable bonds is 10. The average Bonchev–Trinajstić information content (AvgIpc) is 2.48. The SMILES string of the molecule is CC(=CCCCCCC(=O)O)COc1ccc([N+](=O)[O-])cc1. The summed E-state index contributed by atoms with van der Waals surface area (Å²) < 4.78 is 5.54. The Morgan fingerprint density at radius 2 is 1.95 bits per heavy atom. The van der Waals surface area contributed by atoms with Gasteiger partial charge in [0.05, 0.1) is 4.92 Å². The maximum atomic E-state index is 10.5. The first-order valence-corrected chi connectivity index (χ1v) is 7.23. The van der Waals surface area contributed by atoms with E-state index in [1.54, 1.807) is 12.1 Å². The Bertz CT molecular complexity index is 522. The predicted octanol–water partition coefficient (Wildman–Crippen LogP) is 3.96. The Kier molecular flexibility index (Phi) is 7.67. The molecule has 120 valence electrons. The normalized spacial score (nSPS) is 11.2. The van der Waals surface area contributed by atoms with E-state index in [0.717, 1.165) is 24.8 Å². The van der Waals surface area contributed by atoms with E-state index in [9.17, 15) is 14.9 Å². The summed E-state index contributed by atoms with van der Waals surface area (Å²) in [5.74, 6) is -0.150. The zero-order valence-corrected chi connectivity index (χ0v) is 12.7. The van der Waals surface area contributed by atoms with Gasteiger partial charge in [-0.15, -0.1) is 0 Å². The van der Waals surface area contributed by atoms with Crippen molar-refractivity contribution in [3.8, 4) is 5.75 Å². The molecule has 1 N–H and O–H groups in total. The number of carbonyl (C=O) groups is 1. The molecule has 1 aromatic rings. The largest absolute Gasteiger partial charge is 0.489 e. The van der Waals surface area contributed by atoms with E-state index in [0.29, 0.717) is 18.8 Å². The van der Waals surface area contributed by atoms with Gasteiger partial charge in [0.1, 0.15) is 12.4 Å². The second-order valence-electron chi connectivity index (χ2n) is 5.08. The number of allylic oxidation sites excluding steroid dienone is 1. The molecule has 0 amide bonds. The molecule has 6 nitrogen and oxygen atoms in total. The van der Waals surface area contributed by atoms with E-state index in [1.165, 1.54) is 12.1 Å². The Morgan fingerprint density at radius 1 is 1.27 bits per heavy atom. The van der Waals surface area contributed by atoms with Crippen LogP contribution in [0.1, 0.15) is 39.0 Å². The quantitative estimate of drug-likeness (QED) is 0.306. The van der Waals surface area contributed by atoms with Crippen LogP contribution in [-0.4, -0.2) is 22.6 Å². The second kappa shape index (κ2) is 9.55. The van der Waals surface area contributed by atoms with Crippen molar-refractivity contribution in [1.29, 1.82) is 0 Å². The van der Waals surface area contributed by atoms with Crippen LogP contribution in [0.5, 0.6) is 5.75 Å². The number of carboxylic acids is 1. The number of non-ortho nitro benzene ring substituents is 1. The van der Waals surface area contributed by atoms with Crippen LogP contribution in [0.2, 0.25) is 0 Å². The summed E-state index contributed by atoms with van der Waals surface area (Å²) >= 11 is 0. The number of nitrogens with zero attached hydrogens (tertiary/aromatic N) is 1. The molecule has 1 aromatic carbocycles. The van der Waals surface area contributed by atoms with Gasteiger partial charge in [-0.1, -0.05) is 12.5 Å². The van der Waals surface area contributed by atoms with Gasteiger partial charge in [-0.05, 0) is 43.9 Å². The van der Waals surface area contributed by atoms with Crippen LogP contribution >= 0.6 is 0 Å². The Labute approximate surface area is 129 Å². The zero-order valence-electron chi connectivity index (χ0n) is 12.7. The van der Waals surface area contributed by atoms with E-state index >= 15 is 0 Å². The van der Waals surface area contributed by atoms with Crippen molar-refractivity contribution >= 4 is 11.7 Å². The third kappa shape index (κ3) is 7.42. The molecule has 0 aliphatic carbocycles. The molecular weight excluding hydrogens is 286 g/mol. The molecule has 0 atom stereocenters. The fourth-order valence-electron chi connectivity index (χ4n) is 1.87. The second-order valence-corrected chi connectivity index (χ2v) is 5.08. The van der Waals surface area contributed by atoms with Gasteiger partial charge in [0.2, 0.25) is 0 Å². The number of aliphatic carboxylic acids is 1. The highest BCUT2D eigenvalue weighted by Crippen LogP contribution is 2.18. The summed E-state index contributed by atoms with van der Waals surface area (Å²) in [4.78, 5) is 20.4. The van der Waals surface area contributed by atoms with Crippen LogP contribution in [-0.2, 0) is 4.79 Å². The first-order valence-electron chi connectivity index (χ1n) is 7.23. The summed E-state index contributed by atoms with van der Waals surface area (Å²) in [7, 11) is 0. The van der Waals surface area contributed by atoms with E-state index in [-0.39, 0.29) is 12.1 Å². The fraction of sp³-hybridized carbons (Fsp3) is 0.438. The van der Waals surface area contributed by atoms with Gasteiger partial charge < -0.3 is 9.84 Å². The lowest BCUT2D eigenvalue weighted by molar-refractivity contribution is -0.384. The molecular formula is C16H21NO5. The predicted molar refractivity (Wildman–Crippen MR) is 83.1 cm³/mol. The molecule has 0 heterocycles. The van der Waals surface area contributed by atoms with Gasteiger partial charge in [-0.3, -0.25) is 14.9 Å². The van der Waals surface area contributed by atoms with Crippen molar-refractivity contribution in [3.05, 3.63) is 46.0 Å². The zero-order chi connectivity index (χ0) is 16.4. The molecule has 0 saturated carbocycles. The smallest absolute Gasteiger partial charge is 0.303 e. The molecule has 22 heavy (non-hydrogen) atoms. The fourth-order valence-corrected chi connectivity index (χ4v) is 1.87. The lowest BCUT2D eigenvalue weighted by atomic mass is 10.1. The van der Waals surface area contributed by atoms with Gasteiger partial charge in [0, 0.05) is 18.6 Å². The van der Waals surface area contributed by atoms with Gasteiger partial charge in [-0.2, -0.15) is 0 Å². The monoisotopic (exact) mass is 307 g/mol. The standard InChI is InChI=1S/C16H21NO5/c1-13(6-4-2-3-5-7-16(18)19)12-22-15-10-8-14(9-11-15)17(20)21/h6,8-11H,2-5,7,12H2,1H3,(H,18,19). The maximum absolute atomic E-state index is 10.5. The molecule has 1 rings (SSSR count). The van der Waals surface area contributed by atoms with Crippen LogP contribution in [0.25, 0.3) is 0 Å². The number of nitro benzene ring substituents is 1. The summed E-state index contributed by atoms with van der Waals surface area (Å²) in [6, 6.07) is 5.99. The van der Waals surface area contributed by atoms with E-state index < -0.39 is 10.9 Å². The summed E-state index contributed by atoms with van der Waals surface area (Å²) in [5, 5.41) is 19.1. The number of carboxylic acid groups (broad SMARTS) is 1. The lowest BCUT2D eigenvalue weighted by Crippen LogP contribution is -1.99. The number of ether oxygens (including phenoxy) is 1. The van der Waals surface area contributed by atoms with Crippen molar-refractivity contribution in [1.82, 2.24) is 0 Å². The number of hydrogen-bond acceptors (Lipinski definition) is 4. The highest BCUT2D eigenvalue weighted by Gasteiger charge is 2.04. The first-order chi connectivity index (χ1) is 10.5. The van der Waals surface area contributed by atoms with Gasteiger partial charge in [0.15, 0.2) is 0 Å². The molecule has 0 aromatic heterocycles. The minimum Gasteiger partial charge on any atom is -0.489 e. The third-order valence-electron chi connectivity index (χ3n) is 3.10. The van der Waals surface area contributed by atoms with Crippen LogP contribution < -0.4 is 4.74 Å². The number of hydrogen-bond donors (Lipinski definition) is 1. The van der Waals surface area contributed by atoms with Crippen LogP contribution in [0.3, 0.4) is 0 Å². The van der Waals surface area contributed by atoms with Crippen molar-refractivity contribution in [2.45, 2.75) is 39.0 Å². The summed E-state index contributed by atoms with van der Waals surface area (Å²) in [5.41, 5.74) is 1.12. The Morgan fingerprint density at radius 3 is 2.55 bits per heavy atom. The Balaban J connectivity index is 2.24. The van der Waals surface area contributed by atoms with Crippen LogP contribution in [0.4, 0.5) is 5.69 Å². The van der Waals surface area contributed by atoms with Gasteiger partial charge >= 0.3 is 5.97 Å². The molecule has 0 unspecified atom stereocenters. The lowest BCUT2D eigenvalue weighted by Gasteiger charge is -2.06. The summed E-state index contributed by atoms with van der Waals surface area (Å²) in [6.07, 6.45) is 5.77. The molecule has 0 aliphatic heterocycles. The van der Waals surface area contributed by atoms with Gasteiger partial charge in [-0.25, -0.2) is 0 Å². The molecule has 0 aliphatic rings. The van der Waals surface area contributed by atoms with E-state index in [4.69, 9.17) is 9.84 Å². The van der Waals surface area contributed by atoms with Crippen molar-refractivity contribution < 1.29 is 19.6 Å². The minimum absolute atomic E-state index is 0.0426. The third-order valence-corrected chi connectivity index (χ3v) is 3.10. The number of nitro groups is 1. The van der Waals surface area contributed by atoms with Crippen molar-refractivity contribution in [2.24, 2.45) is 0 Å². The molecule has 0 fully saturated rings. The number of benzene rings is 1. The molecule has 0 bridgehead atoms. The molecule has 6 heteroatoms. The van der Waals surface area contributed by atoms with Crippen LogP contribution in [0.15, 0.2) is 35.9 Å². The van der Waals surface area contributed by atoms with Gasteiger partial charge in [0.25, 0.3) is 5.69 Å². The first kappa shape index (κ1) is 17.7. The topological polar surface area (TPSA) is 89.7 Å². The maximum Gasteiger partial charge on any atom is 0.303 e. The Hall–Kier alpha value is -2.37. The minimum atomic E-state index is -0.747. The van der Waals surface area contributed by atoms with E-state index in [2.05, 4.69) is 6.08 Å². The van der Waals surface area contributed by atoms with Crippen molar-refractivity contribution in [2.75, 3.05) is 6.61 Å². The highest BCUT2D eigenvalue weighted by molar-refractivity contribution is 5.66. The van der Waals surface area contributed by atoms with E-state index in [1.807, 2.05) is 6.92 Å². The summed E-state index contributed by atoms with van der Waals surface area (Å²) in [6.45, 7) is 2.40. The average molecular weight is 307 g/mol. The molecule has 0 saturated heterocycles. The molecule has 0 spiro atoms. The molecule has 0 radical (unpaired) electrons. The number of unbranched alkanes of at least 4 members (excludes halogenated alkanes) is 3. The van der Waals surface area contributed by atoms with Crippen LogP contribution in [0, 0.1) is 10.1 Å². The highest BCUT2D eigenvalue weighted by atomic mass is 16.6.